The highest BCUT2D eigenvalue weighted by Gasteiger charge is 2.08. The summed E-state index contributed by atoms with van der Waals surface area (Å²) in [5.41, 5.74) is 6.32. The number of hydrogen-bond donors (Lipinski definition) is 2. The first-order chi connectivity index (χ1) is 5.16. The molecule has 1 heterocycles. The Labute approximate surface area is 65.7 Å². The first-order valence-corrected chi connectivity index (χ1v) is 3.59. The lowest BCUT2D eigenvalue weighted by atomic mass is 10.3. The molecule has 0 aromatic carbocycles. The maximum Gasteiger partial charge on any atom is 0.200 e. The van der Waals surface area contributed by atoms with Gasteiger partial charge in [0, 0.05) is 6.04 Å². The van der Waals surface area contributed by atoms with Crippen molar-refractivity contribution in [3.05, 3.63) is 11.9 Å². The van der Waals surface area contributed by atoms with Gasteiger partial charge in [-0.2, -0.15) is 0 Å². The Kier molecular flexibility index (Phi) is 2.14. The van der Waals surface area contributed by atoms with E-state index in [1.807, 2.05) is 13.8 Å². The number of hydrogen-bond acceptors (Lipinski definition) is 3. The van der Waals surface area contributed by atoms with Crippen molar-refractivity contribution in [2.45, 2.75) is 26.5 Å². The fraction of sp³-hybridized carbons (Fsp3) is 0.571. The summed E-state index contributed by atoms with van der Waals surface area (Å²) in [6.07, 6.45) is 1.59. The van der Waals surface area contributed by atoms with E-state index in [1.54, 1.807) is 10.8 Å². The van der Waals surface area contributed by atoms with Gasteiger partial charge in [0.1, 0.15) is 0 Å². The molecule has 0 saturated carbocycles. The summed E-state index contributed by atoms with van der Waals surface area (Å²) in [5.74, 6) is 0.462. The van der Waals surface area contributed by atoms with Gasteiger partial charge in [0.2, 0.25) is 5.95 Å². The molecule has 11 heavy (non-hydrogen) atoms. The third-order valence-corrected chi connectivity index (χ3v) is 1.58. The maximum absolute atomic E-state index is 8.86. The lowest BCUT2D eigenvalue weighted by molar-refractivity contribution is 0.268. The normalized spacial score (nSPS) is 10.9. The largest absolute Gasteiger partial charge is 0.390 e. The summed E-state index contributed by atoms with van der Waals surface area (Å²) in [5, 5.41) is 8.86. The van der Waals surface area contributed by atoms with Crippen LogP contribution in [0.25, 0.3) is 0 Å². The second-order valence-corrected chi connectivity index (χ2v) is 2.73. The monoisotopic (exact) mass is 155 g/mol. The summed E-state index contributed by atoms with van der Waals surface area (Å²) < 4.78 is 1.81. The second-order valence-electron chi connectivity index (χ2n) is 2.73. The van der Waals surface area contributed by atoms with E-state index in [2.05, 4.69) is 4.98 Å². The van der Waals surface area contributed by atoms with Crippen LogP contribution < -0.4 is 5.73 Å². The number of anilines is 1. The molecule has 3 N–H and O–H groups in total. The molecule has 0 atom stereocenters. The molecule has 0 aliphatic heterocycles. The molecule has 62 valence electrons. The van der Waals surface area contributed by atoms with Crippen molar-refractivity contribution in [3.63, 3.8) is 0 Å². The highest BCUT2D eigenvalue weighted by atomic mass is 16.3. The van der Waals surface area contributed by atoms with Gasteiger partial charge in [0.05, 0.1) is 18.5 Å². The van der Waals surface area contributed by atoms with Gasteiger partial charge in [-0.1, -0.05) is 0 Å². The van der Waals surface area contributed by atoms with Crippen molar-refractivity contribution < 1.29 is 5.11 Å². The van der Waals surface area contributed by atoms with Crippen LogP contribution in [-0.4, -0.2) is 14.7 Å². The predicted octanol–water partition coefficient (Wildman–Crippen LogP) is 0.538. The van der Waals surface area contributed by atoms with Crippen molar-refractivity contribution in [1.29, 1.82) is 0 Å². The van der Waals surface area contributed by atoms with Crippen molar-refractivity contribution in [2.24, 2.45) is 0 Å². The third-order valence-electron chi connectivity index (χ3n) is 1.58. The standard InChI is InChI=1S/C7H13N3O/c1-5(2)10-6(4-11)3-9-7(10)8/h3,5,11H,4H2,1-2H3,(H2,8,9). The fourth-order valence-corrected chi connectivity index (χ4v) is 1.13. The number of rotatable bonds is 2. The lowest BCUT2D eigenvalue weighted by Crippen LogP contribution is -2.09. The minimum Gasteiger partial charge on any atom is -0.390 e. The summed E-state index contributed by atoms with van der Waals surface area (Å²) in [4.78, 5) is 3.89. The molecule has 1 rings (SSSR count). The molecule has 0 fully saturated rings. The minimum absolute atomic E-state index is 0.0115. The van der Waals surface area contributed by atoms with Gasteiger partial charge in [-0.05, 0) is 13.8 Å². The van der Waals surface area contributed by atoms with E-state index < -0.39 is 0 Å². The quantitative estimate of drug-likeness (QED) is 0.655. The van der Waals surface area contributed by atoms with Gasteiger partial charge >= 0.3 is 0 Å². The van der Waals surface area contributed by atoms with E-state index in [0.29, 0.717) is 5.95 Å². The highest BCUT2D eigenvalue weighted by molar-refractivity contribution is 5.23. The Morgan fingerprint density at radius 1 is 1.73 bits per heavy atom. The van der Waals surface area contributed by atoms with Gasteiger partial charge in [0.15, 0.2) is 0 Å². The summed E-state index contributed by atoms with van der Waals surface area (Å²) >= 11 is 0. The van der Waals surface area contributed by atoms with Crippen LogP contribution in [0.5, 0.6) is 0 Å². The molecule has 0 saturated heterocycles. The van der Waals surface area contributed by atoms with Crippen LogP contribution in [0.15, 0.2) is 6.20 Å². The molecular weight excluding hydrogens is 142 g/mol. The number of aromatic nitrogens is 2. The number of aliphatic hydroxyl groups excluding tert-OH is 1. The minimum atomic E-state index is -0.0115. The molecule has 0 bridgehead atoms. The van der Waals surface area contributed by atoms with E-state index in [1.165, 1.54) is 0 Å². The zero-order chi connectivity index (χ0) is 8.43. The third kappa shape index (κ3) is 1.35. The molecular formula is C7H13N3O. The smallest absolute Gasteiger partial charge is 0.200 e. The molecule has 4 nitrogen and oxygen atoms in total. The summed E-state index contributed by atoms with van der Waals surface area (Å²) in [6.45, 7) is 3.98. The zero-order valence-corrected chi connectivity index (χ0v) is 6.78. The average molecular weight is 155 g/mol. The topological polar surface area (TPSA) is 64.1 Å². The van der Waals surface area contributed by atoms with Crippen LogP contribution in [0, 0.1) is 0 Å². The average Bonchev–Trinajstić information content (AvgIpc) is 2.30. The first-order valence-electron chi connectivity index (χ1n) is 3.59. The van der Waals surface area contributed by atoms with Crippen molar-refractivity contribution >= 4 is 5.95 Å². The van der Waals surface area contributed by atoms with Crippen molar-refractivity contribution in [2.75, 3.05) is 5.73 Å². The molecule has 0 spiro atoms. The SMILES string of the molecule is CC(C)n1c(CO)cnc1N. The first kappa shape index (κ1) is 8.07. The van der Waals surface area contributed by atoms with Crippen LogP contribution >= 0.6 is 0 Å². The van der Waals surface area contributed by atoms with Gasteiger partial charge in [0.25, 0.3) is 0 Å². The summed E-state index contributed by atoms with van der Waals surface area (Å²) in [6, 6.07) is 0.250. The maximum atomic E-state index is 8.86. The van der Waals surface area contributed by atoms with Crippen LogP contribution in [0.2, 0.25) is 0 Å². The number of nitrogens with two attached hydrogens (primary N) is 1. The highest BCUT2D eigenvalue weighted by Crippen LogP contribution is 2.14. The van der Waals surface area contributed by atoms with Gasteiger partial charge in [-0.15, -0.1) is 0 Å². The van der Waals surface area contributed by atoms with E-state index >= 15 is 0 Å². The van der Waals surface area contributed by atoms with Gasteiger partial charge in [-0.3, -0.25) is 0 Å². The van der Waals surface area contributed by atoms with Crippen LogP contribution in [0.1, 0.15) is 25.6 Å². The van der Waals surface area contributed by atoms with E-state index in [-0.39, 0.29) is 12.6 Å². The number of nitrogen functional groups attached to an aromatic ring is 1. The molecule has 0 aliphatic carbocycles. The number of imidazole rings is 1. The molecule has 1 aromatic heterocycles. The molecule has 0 amide bonds. The number of aliphatic hydroxyl groups is 1. The second kappa shape index (κ2) is 2.92. The lowest BCUT2D eigenvalue weighted by Gasteiger charge is -2.11. The molecule has 0 aliphatic rings. The van der Waals surface area contributed by atoms with Crippen molar-refractivity contribution in [3.8, 4) is 0 Å². The Morgan fingerprint density at radius 2 is 2.36 bits per heavy atom. The Balaban J connectivity index is 3.07. The van der Waals surface area contributed by atoms with Crippen LogP contribution in [0.3, 0.4) is 0 Å². The van der Waals surface area contributed by atoms with Gasteiger partial charge in [-0.25, -0.2) is 4.98 Å². The predicted molar refractivity (Wildman–Crippen MR) is 42.9 cm³/mol. The van der Waals surface area contributed by atoms with E-state index in [9.17, 15) is 0 Å². The number of nitrogens with zero attached hydrogens (tertiary/aromatic N) is 2. The Hall–Kier alpha value is -1.03. The van der Waals surface area contributed by atoms with Gasteiger partial charge < -0.3 is 15.4 Å². The zero-order valence-electron chi connectivity index (χ0n) is 6.78. The van der Waals surface area contributed by atoms with Crippen molar-refractivity contribution in [1.82, 2.24) is 9.55 Å². The molecule has 0 radical (unpaired) electrons. The molecule has 0 unspecified atom stereocenters. The van der Waals surface area contributed by atoms with E-state index in [4.69, 9.17) is 10.8 Å². The summed E-state index contributed by atoms with van der Waals surface area (Å²) in [7, 11) is 0. The Morgan fingerprint density at radius 3 is 2.73 bits per heavy atom. The Bertz CT molecular complexity index is 242. The van der Waals surface area contributed by atoms with Crippen LogP contribution in [-0.2, 0) is 6.61 Å². The van der Waals surface area contributed by atoms with Crippen LogP contribution in [0.4, 0.5) is 5.95 Å². The van der Waals surface area contributed by atoms with E-state index in [0.717, 1.165) is 5.69 Å². The fourth-order valence-electron chi connectivity index (χ4n) is 1.13. The molecule has 1 aromatic rings. The molecule has 4 heteroatoms.